The van der Waals surface area contributed by atoms with Crippen LogP contribution >= 0.6 is 35.6 Å². The van der Waals surface area contributed by atoms with Crippen LogP contribution in [0, 0.1) is 13.8 Å². The lowest BCUT2D eigenvalue weighted by molar-refractivity contribution is 0.437. The van der Waals surface area contributed by atoms with Crippen molar-refractivity contribution in [1.29, 1.82) is 0 Å². The molecule has 0 spiro atoms. The third kappa shape index (κ3) is 5.13. The summed E-state index contributed by atoms with van der Waals surface area (Å²) in [7, 11) is 5.70. The second-order valence-corrected chi connectivity index (χ2v) is 5.70. The number of aromatic nitrogens is 2. The first kappa shape index (κ1) is 19.8. The number of guanidine groups is 1. The quantitative estimate of drug-likeness (QED) is 0.441. The topological polar surface area (TPSA) is 58.6 Å². The van der Waals surface area contributed by atoms with E-state index in [4.69, 9.17) is 16.0 Å². The van der Waals surface area contributed by atoms with Crippen LogP contribution in [0.3, 0.4) is 0 Å². The van der Waals surface area contributed by atoms with Crippen molar-refractivity contribution in [2.75, 3.05) is 14.1 Å². The minimum absolute atomic E-state index is 0. The van der Waals surface area contributed by atoms with Gasteiger partial charge in [0.2, 0.25) is 5.89 Å². The molecule has 0 aromatic carbocycles. The highest BCUT2D eigenvalue weighted by molar-refractivity contribution is 14.0. The van der Waals surface area contributed by atoms with Gasteiger partial charge in [-0.05, 0) is 19.9 Å². The third-order valence-electron chi connectivity index (χ3n) is 3.52. The average molecular weight is 452 g/mol. The molecule has 2 aromatic rings. The Kier molecular flexibility index (Phi) is 7.40. The van der Waals surface area contributed by atoms with E-state index in [-0.39, 0.29) is 24.0 Å². The smallest absolute Gasteiger partial charge is 0.214 e. The first-order valence-electron chi connectivity index (χ1n) is 7.06. The van der Waals surface area contributed by atoms with Crippen LogP contribution in [0.15, 0.2) is 21.7 Å². The van der Waals surface area contributed by atoms with Gasteiger partial charge in [-0.25, -0.2) is 4.98 Å². The summed E-state index contributed by atoms with van der Waals surface area (Å²) in [6.07, 6.45) is 1.89. The van der Waals surface area contributed by atoms with E-state index >= 15 is 0 Å². The Hall–Kier alpha value is -1.22. The van der Waals surface area contributed by atoms with Crippen molar-refractivity contribution < 1.29 is 4.42 Å². The maximum absolute atomic E-state index is 6.02. The Morgan fingerprint density at radius 3 is 2.65 bits per heavy atom. The lowest BCUT2D eigenvalue weighted by Crippen LogP contribution is -2.38. The normalized spacial score (nSPS) is 11.3. The van der Waals surface area contributed by atoms with Gasteiger partial charge in [0.05, 0.1) is 23.8 Å². The molecule has 1 N–H and O–H groups in total. The minimum atomic E-state index is 0. The van der Waals surface area contributed by atoms with Gasteiger partial charge < -0.3 is 19.2 Å². The molecule has 0 aliphatic carbocycles. The molecule has 0 aliphatic rings. The first-order chi connectivity index (χ1) is 10.4. The number of oxazole rings is 1. The second kappa shape index (κ2) is 8.58. The van der Waals surface area contributed by atoms with E-state index in [0.29, 0.717) is 19.0 Å². The Balaban J connectivity index is 0.00000264. The fourth-order valence-corrected chi connectivity index (χ4v) is 2.47. The van der Waals surface area contributed by atoms with Gasteiger partial charge >= 0.3 is 0 Å². The fraction of sp³-hybridized carbons (Fsp3) is 0.467. The van der Waals surface area contributed by atoms with Crippen LogP contribution in [0.4, 0.5) is 0 Å². The minimum Gasteiger partial charge on any atom is -0.444 e. The zero-order valence-electron chi connectivity index (χ0n) is 14.1. The monoisotopic (exact) mass is 451 g/mol. The van der Waals surface area contributed by atoms with Crippen LogP contribution in [0.1, 0.15) is 23.0 Å². The van der Waals surface area contributed by atoms with Crippen LogP contribution in [0.25, 0.3) is 0 Å². The van der Waals surface area contributed by atoms with Gasteiger partial charge in [0.1, 0.15) is 5.76 Å². The lowest BCUT2D eigenvalue weighted by Gasteiger charge is -2.21. The van der Waals surface area contributed by atoms with Crippen LogP contribution in [0.2, 0.25) is 5.02 Å². The highest BCUT2D eigenvalue weighted by Crippen LogP contribution is 2.14. The van der Waals surface area contributed by atoms with E-state index in [1.807, 2.05) is 49.7 Å². The zero-order valence-corrected chi connectivity index (χ0v) is 17.1. The number of hydrogen-bond donors (Lipinski definition) is 1. The molecule has 0 fully saturated rings. The molecular formula is C15H23ClIN5O. The van der Waals surface area contributed by atoms with Gasteiger partial charge in [0.25, 0.3) is 0 Å². The van der Waals surface area contributed by atoms with Gasteiger partial charge in [-0.2, -0.15) is 0 Å². The largest absolute Gasteiger partial charge is 0.444 e. The molecule has 0 bridgehead atoms. The van der Waals surface area contributed by atoms with Gasteiger partial charge in [-0.1, -0.05) is 11.6 Å². The first-order valence-corrected chi connectivity index (χ1v) is 7.44. The average Bonchev–Trinajstić information content (AvgIpc) is 2.93. The van der Waals surface area contributed by atoms with E-state index < -0.39 is 0 Å². The summed E-state index contributed by atoms with van der Waals surface area (Å²) in [5.74, 6) is 2.27. The van der Waals surface area contributed by atoms with Crippen molar-refractivity contribution in [2.24, 2.45) is 12.0 Å². The van der Waals surface area contributed by atoms with E-state index in [9.17, 15) is 0 Å². The number of rotatable bonds is 4. The molecule has 0 atom stereocenters. The molecule has 0 aliphatic heterocycles. The molecule has 2 aromatic heterocycles. The highest BCUT2D eigenvalue weighted by Gasteiger charge is 2.11. The van der Waals surface area contributed by atoms with E-state index in [1.165, 1.54) is 0 Å². The van der Waals surface area contributed by atoms with Crippen molar-refractivity contribution in [3.05, 3.63) is 40.3 Å². The molecule has 6 nitrogen and oxygen atoms in total. The van der Waals surface area contributed by atoms with Gasteiger partial charge in [0, 0.05) is 33.0 Å². The molecule has 0 unspecified atom stereocenters. The zero-order chi connectivity index (χ0) is 16.3. The molecule has 0 saturated heterocycles. The molecule has 2 rings (SSSR count). The lowest BCUT2D eigenvalue weighted by atomic mass is 10.4. The van der Waals surface area contributed by atoms with Crippen molar-refractivity contribution in [1.82, 2.24) is 19.8 Å². The molecule has 0 amide bonds. The Morgan fingerprint density at radius 2 is 2.17 bits per heavy atom. The fourth-order valence-electron chi connectivity index (χ4n) is 2.20. The summed E-state index contributed by atoms with van der Waals surface area (Å²) >= 11 is 6.02. The summed E-state index contributed by atoms with van der Waals surface area (Å²) in [6, 6.07) is 1.95. The van der Waals surface area contributed by atoms with Crippen LogP contribution in [0.5, 0.6) is 0 Å². The van der Waals surface area contributed by atoms with Gasteiger partial charge in [-0.3, -0.25) is 4.99 Å². The van der Waals surface area contributed by atoms with E-state index in [2.05, 4.69) is 15.3 Å². The summed E-state index contributed by atoms with van der Waals surface area (Å²) in [5, 5.41) is 3.99. The van der Waals surface area contributed by atoms with E-state index in [0.717, 1.165) is 28.1 Å². The predicted octanol–water partition coefficient (Wildman–Crippen LogP) is 3.11. The SMILES string of the molecule is CN=C(NCc1nc(C)c(C)o1)N(C)Cc1cc(Cl)cn1C.I. The maximum atomic E-state index is 6.02. The van der Waals surface area contributed by atoms with E-state index in [1.54, 1.807) is 7.05 Å². The standard InChI is InChI=1S/C15H22ClN5O.HI/c1-10-11(2)22-14(19-10)7-18-15(17-3)21(5)9-13-6-12(16)8-20(13)4;/h6,8H,7,9H2,1-5H3,(H,17,18);1H. The number of nitrogens with zero attached hydrogens (tertiary/aromatic N) is 4. The summed E-state index contributed by atoms with van der Waals surface area (Å²) < 4.78 is 7.57. The van der Waals surface area contributed by atoms with Crippen molar-refractivity contribution in [2.45, 2.75) is 26.9 Å². The van der Waals surface area contributed by atoms with Crippen molar-refractivity contribution >= 4 is 41.5 Å². The second-order valence-electron chi connectivity index (χ2n) is 5.27. The molecule has 0 saturated carbocycles. The van der Waals surface area contributed by atoms with Crippen LogP contribution in [-0.2, 0) is 20.1 Å². The maximum Gasteiger partial charge on any atom is 0.214 e. The molecule has 128 valence electrons. The molecular weight excluding hydrogens is 429 g/mol. The number of hydrogen-bond acceptors (Lipinski definition) is 3. The van der Waals surface area contributed by atoms with Crippen LogP contribution in [-0.4, -0.2) is 34.5 Å². The Labute approximate surface area is 158 Å². The number of aliphatic imine (C=N–C) groups is 1. The Morgan fingerprint density at radius 1 is 1.48 bits per heavy atom. The molecule has 23 heavy (non-hydrogen) atoms. The van der Waals surface area contributed by atoms with Gasteiger partial charge in [0.15, 0.2) is 5.96 Å². The van der Waals surface area contributed by atoms with Crippen molar-refractivity contribution in [3.8, 4) is 0 Å². The molecule has 0 radical (unpaired) electrons. The number of nitrogens with one attached hydrogen (secondary N) is 1. The number of aryl methyl sites for hydroxylation is 3. The highest BCUT2D eigenvalue weighted by atomic mass is 127. The van der Waals surface area contributed by atoms with Gasteiger partial charge in [-0.15, -0.1) is 24.0 Å². The number of halogens is 2. The third-order valence-corrected chi connectivity index (χ3v) is 3.72. The summed E-state index contributed by atoms with van der Waals surface area (Å²) in [5.41, 5.74) is 2.02. The van der Waals surface area contributed by atoms with Crippen molar-refractivity contribution in [3.63, 3.8) is 0 Å². The summed E-state index contributed by atoms with van der Waals surface area (Å²) in [6.45, 7) is 5.04. The van der Waals surface area contributed by atoms with Crippen LogP contribution < -0.4 is 5.32 Å². The molecule has 8 heteroatoms. The molecule has 2 heterocycles. The Bertz CT molecular complexity index is 660. The summed E-state index contributed by atoms with van der Waals surface area (Å²) in [4.78, 5) is 10.7. The predicted molar refractivity (Wildman–Crippen MR) is 103 cm³/mol.